The predicted molar refractivity (Wildman–Crippen MR) is 58.9 cm³/mol. The summed E-state index contributed by atoms with van der Waals surface area (Å²) in [6, 6.07) is 1.95. The third-order valence-electron chi connectivity index (χ3n) is 1.39. The number of hydrogen-bond donors (Lipinski definition) is 0. The van der Waals surface area contributed by atoms with E-state index in [1.54, 1.807) is 17.4 Å². The monoisotopic (exact) mass is 208 g/mol. The minimum Gasteiger partial charge on any atom is -0.431 e. The number of ether oxygens (including phenoxy) is 1. The van der Waals surface area contributed by atoms with Gasteiger partial charge in [-0.3, -0.25) is 0 Å². The molecule has 0 atom stereocenters. The highest BCUT2D eigenvalue weighted by Crippen LogP contribution is 2.07. The number of allylic oxidation sites excluding steroid dienone is 1. The zero-order valence-electron chi connectivity index (χ0n) is 8.19. The highest BCUT2D eigenvalue weighted by atomic mass is 32.1. The Balaban J connectivity index is 2.41. The van der Waals surface area contributed by atoms with Crippen LogP contribution in [0.2, 0.25) is 0 Å². The first-order valence-electron chi connectivity index (χ1n) is 4.23. The van der Waals surface area contributed by atoms with Crippen molar-refractivity contribution in [2.24, 2.45) is 0 Å². The normalized spacial score (nSPS) is 10.1. The first-order chi connectivity index (χ1) is 6.68. The van der Waals surface area contributed by atoms with E-state index in [2.05, 4.69) is 0 Å². The van der Waals surface area contributed by atoms with E-state index in [9.17, 15) is 4.79 Å². The number of thiophene rings is 1. The predicted octanol–water partition coefficient (Wildman–Crippen LogP) is 3.23. The van der Waals surface area contributed by atoms with Crippen LogP contribution in [-0.4, -0.2) is 5.97 Å². The molecular formula is C11H12O2S. The fraction of sp³-hybridized carbons (Fsp3) is 0.182. The summed E-state index contributed by atoms with van der Waals surface area (Å²) in [7, 11) is 0. The van der Waals surface area contributed by atoms with E-state index in [4.69, 9.17) is 4.74 Å². The van der Waals surface area contributed by atoms with Gasteiger partial charge in [0.15, 0.2) is 0 Å². The van der Waals surface area contributed by atoms with Crippen LogP contribution in [0.25, 0.3) is 6.08 Å². The van der Waals surface area contributed by atoms with Crippen LogP contribution >= 0.6 is 11.3 Å². The Kier molecular flexibility index (Phi) is 4.13. The molecule has 3 heteroatoms. The zero-order valence-corrected chi connectivity index (χ0v) is 9.01. The third-order valence-corrected chi connectivity index (χ3v) is 2.10. The molecule has 0 radical (unpaired) electrons. The molecule has 0 saturated carbocycles. The van der Waals surface area contributed by atoms with Gasteiger partial charge in [-0.1, -0.05) is 5.57 Å². The van der Waals surface area contributed by atoms with Gasteiger partial charge in [-0.15, -0.1) is 0 Å². The summed E-state index contributed by atoms with van der Waals surface area (Å²) in [5.41, 5.74) is 1.97. The molecule has 0 saturated heterocycles. The van der Waals surface area contributed by atoms with Gasteiger partial charge in [-0.25, -0.2) is 4.79 Å². The Bertz CT molecular complexity index is 343. The van der Waals surface area contributed by atoms with Crippen molar-refractivity contribution in [3.8, 4) is 0 Å². The summed E-state index contributed by atoms with van der Waals surface area (Å²) >= 11 is 1.61. The van der Waals surface area contributed by atoms with E-state index < -0.39 is 0 Å². The van der Waals surface area contributed by atoms with Gasteiger partial charge in [-0.2, -0.15) is 11.3 Å². The summed E-state index contributed by atoms with van der Waals surface area (Å²) in [4.78, 5) is 11.0. The van der Waals surface area contributed by atoms with Gasteiger partial charge < -0.3 is 4.74 Å². The van der Waals surface area contributed by atoms with Crippen molar-refractivity contribution in [1.82, 2.24) is 0 Å². The number of carbonyl (C=O) groups is 1. The SMILES string of the molecule is CC(C)=CC(=O)O/C=C/c1ccsc1. The lowest BCUT2D eigenvalue weighted by molar-refractivity contribution is -0.132. The fourth-order valence-electron chi connectivity index (χ4n) is 0.819. The van der Waals surface area contributed by atoms with Crippen LogP contribution in [0.5, 0.6) is 0 Å². The van der Waals surface area contributed by atoms with E-state index in [1.807, 2.05) is 30.7 Å². The van der Waals surface area contributed by atoms with E-state index in [-0.39, 0.29) is 5.97 Å². The molecule has 0 fully saturated rings. The van der Waals surface area contributed by atoms with Crippen LogP contribution in [0.1, 0.15) is 19.4 Å². The van der Waals surface area contributed by atoms with Crippen LogP contribution in [0, 0.1) is 0 Å². The standard InChI is InChI=1S/C11H12O2S/c1-9(2)7-11(12)13-5-3-10-4-6-14-8-10/h3-8H,1-2H3/b5-3+. The first kappa shape index (κ1) is 10.7. The molecule has 1 aromatic rings. The highest BCUT2D eigenvalue weighted by Gasteiger charge is 1.93. The molecule has 0 aromatic carbocycles. The molecule has 0 N–H and O–H groups in total. The Morgan fingerprint density at radius 3 is 2.86 bits per heavy atom. The van der Waals surface area contributed by atoms with E-state index in [0.717, 1.165) is 11.1 Å². The molecule has 0 unspecified atom stereocenters. The molecule has 1 aromatic heterocycles. The van der Waals surface area contributed by atoms with Crippen molar-refractivity contribution in [2.75, 3.05) is 0 Å². The second kappa shape index (κ2) is 5.40. The van der Waals surface area contributed by atoms with Crippen LogP contribution in [0.4, 0.5) is 0 Å². The second-order valence-electron chi connectivity index (χ2n) is 3.02. The largest absolute Gasteiger partial charge is 0.431 e. The summed E-state index contributed by atoms with van der Waals surface area (Å²) in [6.07, 6.45) is 4.62. The molecule has 74 valence electrons. The Labute approximate surface area is 87.5 Å². The van der Waals surface area contributed by atoms with Crippen molar-refractivity contribution in [1.29, 1.82) is 0 Å². The van der Waals surface area contributed by atoms with Gasteiger partial charge in [0, 0.05) is 6.08 Å². The van der Waals surface area contributed by atoms with Gasteiger partial charge in [0.25, 0.3) is 0 Å². The average Bonchev–Trinajstić information content (AvgIpc) is 2.55. The van der Waals surface area contributed by atoms with Gasteiger partial charge in [0.05, 0.1) is 6.26 Å². The summed E-state index contributed by atoms with van der Waals surface area (Å²) in [6.45, 7) is 3.70. The molecule has 0 aliphatic carbocycles. The van der Waals surface area contributed by atoms with Gasteiger partial charge >= 0.3 is 5.97 Å². The average molecular weight is 208 g/mol. The van der Waals surface area contributed by atoms with Crippen molar-refractivity contribution >= 4 is 23.4 Å². The summed E-state index contributed by atoms with van der Waals surface area (Å²) in [5.74, 6) is -0.337. The Morgan fingerprint density at radius 1 is 1.50 bits per heavy atom. The maximum atomic E-state index is 11.0. The molecule has 14 heavy (non-hydrogen) atoms. The summed E-state index contributed by atoms with van der Waals surface area (Å²) in [5, 5.41) is 3.95. The minimum absolute atomic E-state index is 0.337. The Hall–Kier alpha value is -1.35. The quantitative estimate of drug-likeness (QED) is 0.433. The van der Waals surface area contributed by atoms with Crippen LogP contribution in [0.3, 0.4) is 0 Å². The molecule has 0 bridgehead atoms. The number of carbonyl (C=O) groups excluding carboxylic acids is 1. The van der Waals surface area contributed by atoms with Gasteiger partial charge in [-0.05, 0) is 42.3 Å². The van der Waals surface area contributed by atoms with Crippen molar-refractivity contribution in [3.63, 3.8) is 0 Å². The van der Waals surface area contributed by atoms with E-state index in [0.29, 0.717) is 0 Å². The van der Waals surface area contributed by atoms with E-state index in [1.165, 1.54) is 12.3 Å². The zero-order chi connectivity index (χ0) is 10.4. The van der Waals surface area contributed by atoms with Gasteiger partial charge in [0.1, 0.15) is 0 Å². The molecule has 1 rings (SSSR count). The van der Waals surface area contributed by atoms with Crippen molar-refractivity contribution < 1.29 is 9.53 Å². The third kappa shape index (κ3) is 4.05. The molecule has 2 nitrogen and oxygen atoms in total. The lowest BCUT2D eigenvalue weighted by Crippen LogP contribution is -1.94. The molecule has 1 heterocycles. The smallest absolute Gasteiger partial charge is 0.335 e. The Morgan fingerprint density at radius 2 is 2.29 bits per heavy atom. The molecule has 0 aliphatic rings. The first-order valence-corrected chi connectivity index (χ1v) is 5.17. The lowest BCUT2D eigenvalue weighted by Gasteiger charge is -1.92. The molecular weight excluding hydrogens is 196 g/mol. The van der Waals surface area contributed by atoms with Crippen LogP contribution in [0.15, 0.2) is 34.7 Å². The van der Waals surface area contributed by atoms with Crippen molar-refractivity contribution in [3.05, 3.63) is 40.3 Å². The topological polar surface area (TPSA) is 26.3 Å². The number of hydrogen-bond acceptors (Lipinski definition) is 3. The fourth-order valence-corrected chi connectivity index (χ4v) is 1.45. The molecule has 0 spiro atoms. The number of esters is 1. The lowest BCUT2D eigenvalue weighted by atomic mass is 10.3. The maximum Gasteiger partial charge on any atom is 0.335 e. The molecule has 0 aliphatic heterocycles. The highest BCUT2D eigenvalue weighted by molar-refractivity contribution is 7.08. The van der Waals surface area contributed by atoms with Crippen LogP contribution in [-0.2, 0) is 9.53 Å². The number of rotatable bonds is 3. The summed E-state index contributed by atoms with van der Waals surface area (Å²) < 4.78 is 4.83. The van der Waals surface area contributed by atoms with Crippen molar-refractivity contribution in [2.45, 2.75) is 13.8 Å². The maximum absolute atomic E-state index is 11.0. The second-order valence-corrected chi connectivity index (χ2v) is 3.80. The molecule has 0 amide bonds. The van der Waals surface area contributed by atoms with E-state index >= 15 is 0 Å². The van der Waals surface area contributed by atoms with Crippen LogP contribution < -0.4 is 0 Å². The van der Waals surface area contributed by atoms with Gasteiger partial charge in [0.2, 0.25) is 0 Å². The minimum atomic E-state index is -0.337.